The number of fused-ring (bicyclic) bond motifs is 3. The first kappa shape index (κ1) is 25.8. The van der Waals surface area contributed by atoms with Gasteiger partial charge in [0.25, 0.3) is 0 Å². The van der Waals surface area contributed by atoms with Gasteiger partial charge in [0.15, 0.2) is 0 Å². The van der Waals surface area contributed by atoms with E-state index in [1.54, 1.807) is 11.1 Å². The fourth-order valence-electron chi connectivity index (χ4n) is 5.06. The molecule has 0 unspecified atom stereocenters. The van der Waals surface area contributed by atoms with Crippen LogP contribution in [0.4, 0.5) is 0 Å². The predicted molar refractivity (Wildman–Crippen MR) is 151 cm³/mol. The molecule has 0 aliphatic rings. The van der Waals surface area contributed by atoms with Crippen LogP contribution >= 0.6 is 31.9 Å². The minimum atomic E-state index is 1.19. The van der Waals surface area contributed by atoms with Crippen molar-refractivity contribution in [3.05, 3.63) is 56.5 Å². The minimum Gasteiger partial charge on any atom is -0.0654 e. The average molecular weight is 560 g/mol. The molecule has 3 aromatic carbocycles. The van der Waals surface area contributed by atoms with Crippen LogP contribution in [-0.4, -0.2) is 0 Å². The van der Waals surface area contributed by atoms with Crippen molar-refractivity contribution in [1.29, 1.82) is 0 Å². The van der Waals surface area contributed by atoms with Gasteiger partial charge in [0.1, 0.15) is 0 Å². The summed E-state index contributed by atoms with van der Waals surface area (Å²) in [7, 11) is 0. The zero-order valence-electron chi connectivity index (χ0n) is 20.1. The van der Waals surface area contributed by atoms with Crippen LogP contribution in [-0.2, 0) is 12.8 Å². The Hall–Kier alpha value is -0.860. The fourth-order valence-corrected chi connectivity index (χ4v) is 5.78. The van der Waals surface area contributed by atoms with Gasteiger partial charge >= 0.3 is 0 Å². The number of hydrogen-bond donors (Lipinski definition) is 0. The topological polar surface area (TPSA) is 0 Å². The number of halogens is 2. The summed E-state index contributed by atoms with van der Waals surface area (Å²) in [5.74, 6) is 0. The summed E-state index contributed by atoms with van der Waals surface area (Å²) in [6, 6.07) is 13.8. The van der Waals surface area contributed by atoms with E-state index < -0.39 is 0 Å². The third kappa shape index (κ3) is 7.07. The van der Waals surface area contributed by atoms with Gasteiger partial charge in [-0.15, -0.1) is 0 Å². The van der Waals surface area contributed by atoms with Gasteiger partial charge in [-0.2, -0.15) is 0 Å². The first-order valence-electron chi connectivity index (χ1n) is 13.0. The molecule has 0 spiro atoms. The van der Waals surface area contributed by atoms with Crippen LogP contribution < -0.4 is 0 Å². The largest absolute Gasteiger partial charge is 0.0654 e. The normalized spacial score (nSPS) is 11.6. The van der Waals surface area contributed by atoms with E-state index >= 15 is 0 Å². The van der Waals surface area contributed by atoms with E-state index in [9.17, 15) is 0 Å². The number of unbranched alkanes of at least 4 members (excludes halogenated alkanes) is 10. The van der Waals surface area contributed by atoms with E-state index in [0.717, 1.165) is 0 Å². The van der Waals surface area contributed by atoms with Gasteiger partial charge in [-0.3, -0.25) is 0 Å². The molecule has 0 aliphatic heterocycles. The Bertz CT molecular complexity index is 908. The highest BCUT2D eigenvalue weighted by molar-refractivity contribution is 9.10. The van der Waals surface area contributed by atoms with Gasteiger partial charge in [-0.1, -0.05) is 122 Å². The highest BCUT2D eigenvalue weighted by Gasteiger charge is 2.15. The van der Waals surface area contributed by atoms with E-state index in [0.29, 0.717) is 0 Å². The Balaban J connectivity index is 1.93. The molecule has 0 saturated heterocycles. The lowest BCUT2D eigenvalue weighted by atomic mass is 9.86. The molecule has 0 bridgehead atoms. The molecule has 0 radical (unpaired) electrons. The van der Waals surface area contributed by atoms with E-state index in [1.165, 1.54) is 120 Å². The lowest BCUT2D eigenvalue weighted by Gasteiger charge is -2.19. The monoisotopic (exact) mass is 558 g/mol. The zero-order valence-corrected chi connectivity index (χ0v) is 23.3. The summed E-state index contributed by atoms with van der Waals surface area (Å²) in [6.07, 6.45) is 18.6. The molecule has 0 amide bonds. The van der Waals surface area contributed by atoms with E-state index in [4.69, 9.17) is 0 Å². The first-order chi connectivity index (χ1) is 15.7. The van der Waals surface area contributed by atoms with Crippen LogP contribution in [0.3, 0.4) is 0 Å². The van der Waals surface area contributed by atoms with Crippen molar-refractivity contribution in [3.8, 4) is 0 Å². The van der Waals surface area contributed by atoms with Crippen molar-refractivity contribution in [1.82, 2.24) is 0 Å². The smallest absolute Gasteiger partial charge is 0.0181 e. The number of benzene rings is 3. The Morgan fingerprint density at radius 2 is 0.844 bits per heavy atom. The molecule has 0 N–H and O–H groups in total. The second-order valence-corrected chi connectivity index (χ2v) is 11.2. The van der Waals surface area contributed by atoms with Crippen molar-refractivity contribution in [2.75, 3.05) is 0 Å². The molecule has 0 aromatic heterocycles. The van der Waals surface area contributed by atoms with E-state index in [2.05, 4.69) is 82.1 Å². The molecular weight excluding hydrogens is 520 g/mol. The molecule has 0 saturated carbocycles. The highest BCUT2D eigenvalue weighted by atomic mass is 79.9. The zero-order chi connectivity index (χ0) is 22.8. The second-order valence-electron chi connectivity index (χ2n) is 9.37. The Kier molecular flexibility index (Phi) is 11.1. The van der Waals surface area contributed by atoms with Crippen LogP contribution in [0.2, 0.25) is 0 Å². The SMILES string of the molecule is CCCCCCCCc1c(CCCCCCCC)c2cc(Br)ccc2c2ccc(Br)cc12. The molecular formula is C30H40Br2. The molecule has 3 rings (SSSR count). The first-order valence-corrected chi connectivity index (χ1v) is 14.6. The molecule has 32 heavy (non-hydrogen) atoms. The predicted octanol–water partition coefficient (Wildman–Crippen LogP) is 11.3. The van der Waals surface area contributed by atoms with Crippen molar-refractivity contribution >= 4 is 53.4 Å². The van der Waals surface area contributed by atoms with Crippen molar-refractivity contribution in [2.24, 2.45) is 0 Å². The summed E-state index contributed by atoms with van der Waals surface area (Å²) in [6.45, 7) is 4.59. The molecule has 3 aromatic rings. The summed E-state index contributed by atoms with van der Waals surface area (Å²) in [5, 5.41) is 5.74. The van der Waals surface area contributed by atoms with Gasteiger partial charge < -0.3 is 0 Å². The van der Waals surface area contributed by atoms with E-state index in [1.807, 2.05) is 0 Å². The maximum atomic E-state index is 3.76. The van der Waals surface area contributed by atoms with Gasteiger partial charge in [-0.05, 0) is 82.6 Å². The van der Waals surface area contributed by atoms with Crippen molar-refractivity contribution in [2.45, 2.75) is 104 Å². The molecule has 2 heteroatoms. The summed E-state index contributed by atoms with van der Waals surface area (Å²) in [5.41, 5.74) is 3.21. The quantitative estimate of drug-likeness (QED) is 0.136. The molecule has 0 fully saturated rings. The van der Waals surface area contributed by atoms with Gasteiger partial charge in [0.2, 0.25) is 0 Å². The van der Waals surface area contributed by atoms with Crippen LogP contribution in [0.1, 0.15) is 102 Å². The fraction of sp³-hybridized carbons (Fsp3) is 0.533. The van der Waals surface area contributed by atoms with Crippen molar-refractivity contribution < 1.29 is 0 Å². The van der Waals surface area contributed by atoms with Crippen LogP contribution in [0.5, 0.6) is 0 Å². The number of aryl methyl sites for hydroxylation is 2. The van der Waals surface area contributed by atoms with Crippen molar-refractivity contribution in [3.63, 3.8) is 0 Å². The molecule has 0 heterocycles. The second kappa shape index (κ2) is 13.8. The highest BCUT2D eigenvalue weighted by Crippen LogP contribution is 2.37. The third-order valence-electron chi connectivity index (χ3n) is 6.83. The number of rotatable bonds is 14. The molecule has 0 nitrogen and oxygen atoms in total. The molecule has 0 aliphatic carbocycles. The van der Waals surface area contributed by atoms with Gasteiger partial charge in [0.05, 0.1) is 0 Å². The summed E-state index contributed by atoms with van der Waals surface area (Å²) in [4.78, 5) is 0. The van der Waals surface area contributed by atoms with Gasteiger partial charge in [0, 0.05) is 8.95 Å². The number of hydrogen-bond acceptors (Lipinski definition) is 0. The average Bonchev–Trinajstić information content (AvgIpc) is 2.79. The summed E-state index contributed by atoms with van der Waals surface area (Å²) < 4.78 is 2.38. The minimum absolute atomic E-state index is 1.19. The third-order valence-corrected chi connectivity index (χ3v) is 7.82. The Labute approximate surface area is 212 Å². The molecule has 0 atom stereocenters. The lowest BCUT2D eigenvalue weighted by Crippen LogP contribution is -2.00. The van der Waals surface area contributed by atoms with Crippen LogP contribution in [0.25, 0.3) is 21.5 Å². The lowest BCUT2D eigenvalue weighted by molar-refractivity contribution is 0.600. The van der Waals surface area contributed by atoms with E-state index in [-0.39, 0.29) is 0 Å². The summed E-state index contributed by atoms with van der Waals surface area (Å²) >= 11 is 7.52. The standard InChI is InChI=1S/C30H40Br2/c1-3-5-7-9-11-13-15-25-26(16-14-12-10-8-6-4-2)30-22-24(32)18-20-28(30)27-19-17-23(31)21-29(25)27/h17-22H,3-16H2,1-2H3. The maximum absolute atomic E-state index is 3.76. The van der Waals surface area contributed by atoms with Crippen LogP contribution in [0, 0.1) is 0 Å². The Morgan fingerprint density at radius 1 is 0.469 bits per heavy atom. The van der Waals surface area contributed by atoms with Gasteiger partial charge in [-0.25, -0.2) is 0 Å². The molecule has 174 valence electrons. The Morgan fingerprint density at radius 3 is 1.25 bits per heavy atom. The van der Waals surface area contributed by atoms with Crippen LogP contribution in [0.15, 0.2) is 45.3 Å². The maximum Gasteiger partial charge on any atom is 0.0181 e.